The molecule has 0 spiro atoms. The van der Waals surface area contributed by atoms with Gasteiger partial charge in [-0.1, -0.05) is 66.9 Å². The first-order valence-electron chi connectivity index (χ1n) is 13.8. The van der Waals surface area contributed by atoms with Crippen LogP contribution in [0.3, 0.4) is 0 Å². The molecule has 1 fully saturated rings. The van der Waals surface area contributed by atoms with E-state index in [9.17, 15) is 18.0 Å². The molecule has 0 unspecified atom stereocenters. The average molecular weight is 598 g/mol. The lowest BCUT2D eigenvalue weighted by atomic mass is 10.1. The maximum atomic E-state index is 14.1. The van der Waals surface area contributed by atoms with Gasteiger partial charge in [0.2, 0.25) is 11.8 Å². The summed E-state index contributed by atoms with van der Waals surface area (Å²) in [5.74, 6) is -0.461. The molecule has 8 nitrogen and oxygen atoms in total. The smallest absolute Gasteiger partial charge is 0.264 e. The normalized spacial score (nSPS) is 14.3. The molecule has 0 aromatic heterocycles. The third kappa shape index (κ3) is 7.59. The highest BCUT2D eigenvalue weighted by Crippen LogP contribution is 2.33. The van der Waals surface area contributed by atoms with Crippen LogP contribution in [0.5, 0.6) is 5.75 Å². The minimum absolute atomic E-state index is 0.0253. The van der Waals surface area contributed by atoms with Crippen molar-refractivity contribution in [1.82, 2.24) is 10.2 Å². The summed E-state index contributed by atoms with van der Waals surface area (Å²) < 4.78 is 34.9. The van der Waals surface area contributed by atoms with E-state index >= 15 is 0 Å². The number of anilines is 1. The molecule has 3 aromatic carbocycles. The molecular formula is C31H36ClN3O5S. The molecule has 2 amide bonds. The van der Waals surface area contributed by atoms with Gasteiger partial charge in [0.1, 0.15) is 18.3 Å². The van der Waals surface area contributed by atoms with Gasteiger partial charge in [0.05, 0.1) is 17.2 Å². The molecule has 10 heteroatoms. The summed E-state index contributed by atoms with van der Waals surface area (Å²) in [7, 11) is -4.23. The van der Waals surface area contributed by atoms with Gasteiger partial charge in [-0.2, -0.15) is 0 Å². The van der Waals surface area contributed by atoms with E-state index in [1.165, 1.54) is 29.2 Å². The minimum atomic E-state index is -4.23. The number of nitrogens with zero attached hydrogens (tertiary/aromatic N) is 2. The van der Waals surface area contributed by atoms with Gasteiger partial charge in [-0.05, 0) is 68.7 Å². The third-order valence-electron chi connectivity index (χ3n) is 7.18. The first-order valence-corrected chi connectivity index (χ1v) is 15.7. The molecule has 0 aliphatic heterocycles. The Hall–Kier alpha value is -3.56. The van der Waals surface area contributed by atoms with E-state index in [1.54, 1.807) is 38.1 Å². The van der Waals surface area contributed by atoms with Crippen LogP contribution in [0.25, 0.3) is 0 Å². The van der Waals surface area contributed by atoms with Crippen LogP contribution in [0, 0.1) is 0 Å². The lowest BCUT2D eigenvalue weighted by Gasteiger charge is -2.33. The fourth-order valence-electron chi connectivity index (χ4n) is 4.94. The topological polar surface area (TPSA) is 96.0 Å². The molecule has 1 N–H and O–H groups in total. The second-order valence-corrected chi connectivity index (χ2v) is 12.3. The molecule has 0 heterocycles. The highest BCUT2D eigenvalue weighted by Gasteiger charge is 2.34. The maximum Gasteiger partial charge on any atom is 0.264 e. The predicted molar refractivity (Wildman–Crippen MR) is 160 cm³/mol. The Morgan fingerprint density at radius 2 is 1.61 bits per heavy atom. The Kier molecular flexibility index (Phi) is 10.3. The average Bonchev–Trinajstić information content (AvgIpc) is 3.48. The third-order valence-corrected chi connectivity index (χ3v) is 9.20. The van der Waals surface area contributed by atoms with Gasteiger partial charge in [-0.25, -0.2) is 8.42 Å². The second-order valence-electron chi connectivity index (χ2n) is 10.0. The number of rotatable bonds is 12. The fourth-order valence-corrected chi connectivity index (χ4v) is 6.49. The number of carbonyl (C=O) groups is 2. The minimum Gasteiger partial charge on any atom is -0.492 e. The highest BCUT2D eigenvalue weighted by molar-refractivity contribution is 7.92. The van der Waals surface area contributed by atoms with Crippen LogP contribution in [-0.2, 0) is 26.2 Å². The summed E-state index contributed by atoms with van der Waals surface area (Å²) in [5, 5.41) is 3.46. The summed E-state index contributed by atoms with van der Waals surface area (Å²) >= 11 is 6.03. The van der Waals surface area contributed by atoms with Crippen LogP contribution < -0.4 is 14.4 Å². The number of para-hydroxylation sites is 2. The number of carbonyl (C=O) groups excluding carboxylic acids is 2. The van der Waals surface area contributed by atoms with Gasteiger partial charge >= 0.3 is 0 Å². The SMILES string of the molecule is CCOc1ccccc1N(CC(=O)N(Cc1ccccc1)[C@@H](C)C(=O)NC1CCCC1)S(=O)(=O)c1ccc(Cl)cc1. The molecule has 0 saturated heterocycles. The molecule has 0 radical (unpaired) electrons. The standard InChI is InChI=1S/C31H36ClN3O5S/c1-3-40-29-16-10-9-15-28(29)35(41(38,39)27-19-17-25(32)18-20-27)22-30(36)34(21-24-11-5-4-6-12-24)23(2)31(37)33-26-13-7-8-14-26/h4-6,9-12,15-20,23,26H,3,7-8,13-14,21-22H2,1-2H3,(H,33,37)/t23-/m0/s1. The second kappa shape index (κ2) is 13.9. The quantitative estimate of drug-likeness (QED) is 0.301. The molecule has 1 saturated carbocycles. The number of sulfonamides is 1. The molecule has 4 rings (SSSR count). The molecular weight excluding hydrogens is 562 g/mol. The van der Waals surface area contributed by atoms with Gasteiger partial charge in [0.25, 0.3) is 10.0 Å². The fraction of sp³-hybridized carbons (Fsp3) is 0.355. The van der Waals surface area contributed by atoms with Crippen molar-refractivity contribution in [3.8, 4) is 5.75 Å². The highest BCUT2D eigenvalue weighted by atomic mass is 35.5. The zero-order valence-corrected chi connectivity index (χ0v) is 24.9. The van der Waals surface area contributed by atoms with E-state index in [1.807, 2.05) is 30.3 Å². The van der Waals surface area contributed by atoms with Crippen molar-refractivity contribution in [1.29, 1.82) is 0 Å². The summed E-state index contributed by atoms with van der Waals surface area (Å²) in [6.07, 6.45) is 3.93. The Morgan fingerprint density at radius 1 is 0.976 bits per heavy atom. The molecule has 1 aliphatic carbocycles. The van der Waals surface area contributed by atoms with Crippen molar-refractivity contribution in [2.45, 2.75) is 63.1 Å². The van der Waals surface area contributed by atoms with Gasteiger partial charge in [-0.3, -0.25) is 13.9 Å². The van der Waals surface area contributed by atoms with Crippen LogP contribution in [-0.4, -0.2) is 50.4 Å². The first kappa shape index (κ1) is 30.4. The van der Waals surface area contributed by atoms with Crippen LogP contribution in [0.2, 0.25) is 5.02 Å². The Balaban J connectivity index is 1.71. The van der Waals surface area contributed by atoms with E-state index < -0.39 is 28.5 Å². The van der Waals surface area contributed by atoms with E-state index in [4.69, 9.17) is 16.3 Å². The molecule has 1 aliphatic rings. The van der Waals surface area contributed by atoms with Crippen LogP contribution in [0.4, 0.5) is 5.69 Å². The van der Waals surface area contributed by atoms with Crippen molar-refractivity contribution in [3.63, 3.8) is 0 Å². The Morgan fingerprint density at radius 3 is 2.27 bits per heavy atom. The number of benzene rings is 3. The summed E-state index contributed by atoms with van der Waals surface area (Å²) in [6, 6.07) is 21.0. The van der Waals surface area contributed by atoms with Crippen molar-refractivity contribution in [3.05, 3.63) is 89.4 Å². The monoisotopic (exact) mass is 597 g/mol. The van der Waals surface area contributed by atoms with Crippen LogP contribution >= 0.6 is 11.6 Å². The van der Waals surface area contributed by atoms with Crippen molar-refractivity contribution in [2.24, 2.45) is 0 Å². The van der Waals surface area contributed by atoms with Crippen molar-refractivity contribution >= 4 is 39.1 Å². The lowest BCUT2D eigenvalue weighted by molar-refractivity contribution is -0.139. The molecule has 3 aromatic rings. The van der Waals surface area contributed by atoms with Crippen LogP contribution in [0.15, 0.2) is 83.8 Å². The maximum absolute atomic E-state index is 14.1. The molecule has 0 bridgehead atoms. The Bertz CT molecular complexity index is 1430. The first-order chi connectivity index (χ1) is 19.7. The van der Waals surface area contributed by atoms with Crippen molar-refractivity contribution < 1.29 is 22.7 Å². The molecule has 1 atom stereocenters. The summed E-state index contributed by atoms with van der Waals surface area (Å²) in [5.41, 5.74) is 1.04. The van der Waals surface area contributed by atoms with Crippen molar-refractivity contribution in [2.75, 3.05) is 17.5 Å². The van der Waals surface area contributed by atoms with Gasteiger partial charge in [0.15, 0.2) is 0 Å². The largest absolute Gasteiger partial charge is 0.492 e. The predicted octanol–water partition coefficient (Wildman–Crippen LogP) is 5.41. The summed E-state index contributed by atoms with van der Waals surface area (Å²) in [4.78, 5) is 28.8. The van der Waals surface area contributed by atoms with E-state index in [-0.39, 0.29) is 29.1 Å². The number of halogens is 1. The number of hydrogen-bond acceptors (Lipinski definition) is 5. The number of hydrogen-bond donors (Lipinski definition) is 1. The zero-order chi connectivity index (χ0) is 29.4. The Labute approximate surface area is 247 Å². The van der Waals surface area contributed by atoms with E-state index in [2.05, 4.69) is 5.32 Å². The molecule has 41 heavy (non-hydrogen) atoms. The zero-order valence-electron chi connectivity index (χ0n) is 23.3. The number of nitrogens with one attached hydrogen (secondary N) is 1. The van der Waals surface area contributed by atoms with Gasteiger partial charge < -0.3 is 15.0 Å². The summed E-state index contributed by atoms with van der Waals surface area (Å²) in [6.45, 7) is 3.38. The number of amides is 2. The van der Waals surface area contributed by atoms with E-state index in [0.29, 0.717) is 17.4 Å². The lowest BCUT2D eigenvalue weighted by Crippen LogP contribution is -2.52. The van der Waals surface area contributed by atoms with E-state index in [0.717, 1.165) is 35.6 Å². The number of ether oxygens (including phenoxy) is 1. The van der Waals surface area contributed by atoms with Gasteiger partial charge in [0, 0.05) is 17.6 Å². The van der Waals surface area contributed by atoms with Gasteiger partial charge in [-0.15, -0.1) is 0 Å². The van der Waals surface area contributed by atoms with Crippen LogP contribution in [0.1, 0.15) is 45.1 Å². The molecule has 218 valence electrons.